The molecule has 0 aliphatic carbocycles. The Labute approximate surface area is 173 Å². The number of carbonyl (C=O) groups excluding carboxylic acids is 1. The van der Waals surface area contributed by atoms with Gasteiger partial charge in [-0.05, 0) is 48.5 Å². The molecule has 0 saturated carbocycles. The summed E-state index contributed by atoms with van der Waals surface area (Å²) in [4.78, 5) is 19.3. The molecule has 1 heterocycles. The minimum atomic E-state index is 0. The zero-order valence-electron chi connectivity index (χ0n) is 14.5. The molecule has 1 fully saturated rings. The number of hydrogen-bond donors (Lipinski definition) is 0. The Hall–Kier alpha value is -1.50. The first-order valence-corrected chi connectivity index (χ1v) is 9.24. The van der Waals surface area contributed by atoms with Crippen LogP contribution in [0.2, 0.25) is 5.02 Å². The van der Waals surface area contributed by atoms with Crippen LogP contribution in [-0.4, -0.2) is 41.3 Å². The van der Waals surface area contributed by atoms with E-state index < -0.39 is 0 Å². The van der Waals surface area contributed by atoms with Gasteiger partial charge in [0.15, 0.2) is 11.0 Å². The van der Waals surface area contributed by atoms with Crippen LogP contribution in [0.1, 0.15) is 17.3 Å². The van der Waals surface area contributed by atoms with E-state index in [2.05, 4.69) is 11.9 Å². The molecule has 1 saturated heterocycles. The van der Waals surface area contributed by atoms with E-state index >= 15 is 0 Å². The lowest BCUT2D eigenvalue weighted by Gasteiger charge is -2.17. The van der Waals surface area contributed by atoms with E-state index in [4.69, 9.17) is 16.3 Å². The molecule has 1 aliphatic rings. The molecule has 138 valence electrons. The number of halogens is 2. The van der Waals surface area contributed by atoms with Crippen LogP contribution in [0.25, 0.3) is 0 Å². The van der Waals surface area contributed by atoms with Crippen molar-refractivity contribution < 1.29 is 9.53 Å². The van der Waals surface area contributed by atoms with Gasteiger partial charge in [-0.15, -0.1) is 17.0 Å². The Morgan fingerprint density at radius 3 is 2.50 bits per heavy atom. The fourth-order valence-corrected chi connectivity index (χ4v) is 3.76. The molecule has 0 aromatic heterocycles. The SMILES string of the molecule is Br.COc1ccc(C(=O)CN2CC(C)SC2=Nc2ccc(Cl)cc2)cc1. The Balaban J connectivity index is 0.00000243. The number of carbonyl (C=O) groups is 1. The standard InChI is InChI=1S/C19H19ClN2O2S.BrH/c1-13-11-22(12-18(23)14-3-9-17(24-2)10-4-14)19(25-13)21-16-7-5-15(20)6-8-16;/h3-10,13H,11-12H2,1-2H3;1H. The normalized spacial score (nSPS) is 17.9. The summed E-state index contributed by atoms with van der Waals surface area (Å²) in [6, 6.07) is 14.6. The summed E-state index contributed by atoms with van der Waals surface area (Å²) in [5.41, 5.74) is 1.51. The second kappa shape index (κ2) is 9.44. The third kappa shape index (κ3) is 5.25. The molecule has 0 amide bonds. The minimum absolute atomic E-state index is 0. The van der Waals surface area contributed by atoms with Gasteiger partial charge in [0.25, 0.3) is 0 Å². The first-order chi connectivity index (χ1) is 12.0. The molecular formula is C19H20BrClN2O2S. The molecule has 26 heavy (non-hydrogen) atoms. The number of hydrogen-bond acceptors (Lipinski definition) is 4. The molecule has 1 unspecified atom stereocenters. The Morgan fingerprint density at radius 1 is 1.23 bits per heavy atom. The summed E-state index contributed by atoms with van der Waals surface area (Å²) >= 11 is 7.61. The van der Waals surface area contributed by atoms with Crippen molar-refractivity contribution in [2.45, 2.75) is 12.2 Å². The maximum atomic E-state index is 12.6. The number of nitrogens with zero attached hydrogens (tertiary/aromatic N) is 2. The number of ether oxygens (including phenoxy) is 1. The van der Waals surface area contributed by atoms with Gasteiger partial charge in [0.1, 0.15) is 5.75 Å². The van der Waals surface area contributed by atoms with E-state index in [0.29, 0.717) is 22.4 Å². The molecule has 0 N–H and O–H groups in total. The highest BCUT2D eigenvalue weighted by Crippen LogP contribution is 2.28. The van der Waals surface area contributed by atoms with Crippen LogP contribution in [0.5, 0.6) is 5.75 Å². The fourth-order valence-electron chi connectivity index (χ4n) is 2.58. The number of ketones is 1. The number of rotatable bonds is 5. The lowest BCUT2D eigenvalue weighted by atomic mass is 10.1. The van der Waals surface area contributed by atoms with Gasteiger partial charge in [0.05, 0.1) is 19.3 Å². The molecule has 3 rings (SSSR count). The van der Waals surface area contributed by atoms with Crippen molar-refractivity contribution >= 4 is 57.0 Å². The number of benzene rings is 2. The van der Waals surface area contributed by atoms with E-state index in [1.54, 1.807) is 43.1 Å². The van der Waals surface area contributed by atoms with Gasteiger partial charge in [0.2, 0.25) is 0 Å². The number of amidine groups is 1. The van der Waals surface area contributed by atoms with Crippen LogP contribution in [0.4, 0.5) is 5.69 Å². The quantitative estimate of drug-likeness (QED) is 0.579. The number of aliphatic imine (C=N–C) groups is 1. The highest BCUT2D eigenvalue weighted by atomic mass is 79.9. The van der Waals surface area contributed by atoms with Gasteiger partial charge in [0, 0.05) is 22.4 Å². The highest BCUT2D eigenvalue weighted by molar-refractivity contribution is 8.93. The van der Waals surface area contributed by atoms with Gasteiger partial charge in [-0.25, -0.2) is 4.99 Å². The van der Waals surface area contributed by atoms with Crippen LogP contribution in [0, 0.1) is 0 Å². The molecule has 4 nitrogen and oxygen atoms in total. The van der Waals surface area contributed by atoms with E-state index in [1.807, 2.05) is 29.2 Å². The zero-order valence-corrected chi connectivity index (χ0v) is 17.8. The van der Waals surface area contributed by atoms with Gasteiger partial charge in [-0.1, -0.05) is 30.3 Å². The Kier molecular flexibility index (Phi) is 7.55. The van der Waals surface area contributed by atoms with E-state index in [0.717, 1.165) is 23.1 Å². The van der Waals surface area contributed by atoms with E-state index in [9.17, 15) is 4.79 Å². The first kappa shape index (κ1) is 20.8. The highest BCUT2D eigenvalue weighted by Gasteiger charge is 2.27. The molecule has 1 atom stereocenters. The second-order valence-electron chi connectivity index (χ2n) is 5.83. The van der Waals surface area contributed by atoms with E-state index in [-0.39, 0.29) is 22.8 Å². The summed E-state index contributed by atoms with van der Waals surface area (Å²) in [6.45, 7) is 3.26. The maximum absolute atomic E-state index is 12.6. The third-order valence-corrected chi connectivity index (χ3v) is 5.22. The summed E-state index contributed by atoms with van der Waals surface area (Å²) in [7, 11) is 1.61. The van der Waals surface area contributed by atoms with Crippen molar-refractivity contribution in [2.75, 3.05) is 20.2 Å². The van der Waals surface area contributed by atoms with Gasteiger partial charge >= 0.3 is 0 Å². The predicted molar refractivity (Wildman–Crippen MR) is 115 cm³/mol. The van der Waals surface area contributed by atoms with Crippen LogP contribution in [0.3, 0.4) is 0 Å². The Morgan fingerprint density at radius 2 is 1.88 bits per heavy atom. The van der Waals surface area contributed by atoms with Crippen LogP contribution in [0.15, 0.2) is 53.5 Å². The van der Waals surface area contributed by atoms with Crippen molar-refractivity contribution in [2.24, 2.45) is 4.99 Å². The first-order valence-electron chi connectivity index (χ1n) is 7.98. The number of thioether (sulfide) groups is 1. The number of Topliss-reactive ketones (excluding diaryl/α,β-unsaturated/α-hetero) is 1. The molecule has 2 aromatic carbocycles. The van der Waals surface area contributed by atoms with Crippen molar-refractivity contribution in [3.05, 3.63) is 59.1 Å². The molecule has 7 heteroatoms. The molecule has 0 bridgehead atoms. The monoisotopic (exact) mass is 454 g/mol. The molecule has 1 aliphatic heterocycles. The van der Waals surface area contributed by atoms with E-state index in [1.165, 1.54) is 0 Å². The van der Waals surface area contributed by atoms with Gasteiger partial charge < -0.3 is 9.64 Å². The van der Waals surface area contributed by atoms with Gasteiger partial charge in [-0.2, -0.15) is 0 Å². The van der Waals surface area contributed by atoms with Crippen molar-refractivity contribution in [3.63, 3.8) is 0 Å². The summed E-state index contributed by atoms with van der Waals surface area (Å²) in [5.74, 6) is 0.813. The topological polar surface area (TPSA) is 41.9 Å². The van der Waals surface area contributed by atoms with Crippen molar-refractivity contribution in [1.29, 1.82) is 0 Å². The Bertz CT molecular complexity index is 781. The fraction of sp³-hybridized carbons (Fsp3) is 0.263. The lowest BCUT2D eigenvalue weighted by molar-refractivity contribution is 0.0965. The molecule has 2 aromatic rings. The minimum Gasteiger partial charge on any atom is -0.497 e. The van der Waals surface area contributed by atoms with Gasteiger partial charge in [-0.3, -0.25) is 4.79 Å². The summed E-state index contributed by atoms with van der Waals surface area (Å²) in [5, 5.41) is 1.95. The predicted octanol–water partition coefficient (Wildman–Crippen LogP) is 5.23. The van der Waals surface area contributed by atoms with Crippen LogP contribution < -0.4 is 4.74 Å². The van der Waals surface area contributed by atoms with Crippen LogP contribution in [-0.2, 0) is 0 Å². The zero-order chi connectivity index (χ0) is 17.8. The van der Waals surface area contributed by atoms with Crippen molar-refractivity contribution in [1.82, 2.24) is 4.90 Å². The largest absolute Gasteiger partial charge is 0.497 e. The molecule has 0 radical (unpaired) electrons. The third-order valence-electron chi connectivity index (χ3n) is 3.85. The molecular weight excluding hydrogens is 436 g/mol. The average molecular weight is 456 g/mol. The average Bonchev–Trinajstić information content (AvgIpc) is 2.96. The number of methoxy groups -OCH3 is 1. The van der Waals surface area contributed by atoms with Crippen molar-refractivity contribution in [3.8, 4) is 5.75 Å². The smallest absolute Gasteiger partial charge is 0.182 e. The molecule has 0 spiro atoms. The second-order valence-corrected chi connectivity index (χ2v) is 7.67. The maximum Gasteiger partial charge on any atom is 0.182 e. The lowest BCUT2D eigenvalue weighted by Crippen LogP contribution is -2.31. The summed E-state index contributed by atoms with van der Waals surface area (Å²) in [6.07, 6.45) is 0. The van der Waals surface area contributed by atoms with Crippen LogP contribution >= 0.6 is 40.3 Å². The summed E-state index contributed by atoms with van der Waals surface area (Å²) < 4.78 is 5.13.